The van der Waals surface area contributed by atoms with Gasteiger partial charge in [0.2, 0.25) is 8.32 Å². The standard InChI is InChI=1S/C17H42O5Si4/c1-23(2,3)19-14-15(20-24(4,5)6)13-16(21-25(7,8)9)17(18)22-26(10,11)12/h15-16H,13-14H2,1-12H3. The molecule has 2 atom stereocenters. The zero-order valence-corrected chi connectivity index (χ0v) is 23.1. The van der Waals surface area contributed by atoms with Crippen LogP contribution in [0.1, 0.15) is 6.42 Å². The molecule has 0 fully saturated rings. The molecule has 0 aliphatic rings. The number of rotatable bonds is 11. The molecule has 0 aromatic rings. The largest absolute Gasteiger partial charge is 0.518 e. The Morgan fingerprint density at radius 1 is 0.692 bits per heavy atom. The van der Waals surface area contributed by atoms with Crippen molar-refractivity contribution >= 4 is 39.2 Å². The van der Waals surface area contributed by atoms with Crippen LogP contribution in [0.3, 0.4) is 0 Å². The molecule has 0 radical (unpaired) electrons. The van der Waals surface area contributed by atoms with Crippen molar-refractivity contribution in [3.8, 4) is 0 Å². The highest BCUT2D eigenvalue weighted by Gasteiger charge is 2.35. The maximum atomic E-state index is 12.8. The monoisotopic (exact) mass is 438 g/mol. The molecular weight excluding hydrogens is 397 g/mol. The quantitative estimate of drug-likeness (QED) is 0.423. The third kappa shape index (κ3) is 15.3. The van der Waals surface area contributed by atoms with E-state index in [1.807, 2.05) is 19.6 Å². The zero-order chi connectivity index (χ0) is 21.0. The summed E-state index contributed by atoms with van der Waals surface area (Å²) in [7, 11) is -7.32. The van der Waals surface area contributed by atoms with Crippen molar-refractivity contribution in [2.75, 3.05) is 6.61 Å². The van der Waals surface area contributed by atoms with Crippen molar-refractivity contribution in [1.29, 1.82) is 0 Å². The topological polar surface area (TPSA) is 54.0 Å². The van der Waals surface area contributed by atoms with Gasteiger partial charge in [0.15, 0.2) is 25.0 Å². The summed E-state index contributed by atoms with van der Waals surface area (Å²) in [4.78, 5) is 12.8. The lowest BCUT2D eigenvalue weighted by atomic mass is 10.2. The van der Waals surface area contributed by atoms with Crippen LogP contribution in [0, 0.1) is 0 Å². The van der Waals surface area contributed by atoms with E-state index in [0.29, 0.717) is 13.0 Å². The molecule has 0 aliphatic heterocycles. The average molecular weight is 439 g/mol. The molecule has 0 N–H and O–H groups in total. The molecule has 0 amide bonds. The molecule has 0 saturated heterocycles. The average Bonchev–Trinajstić information content (AvgIpc) is 2.28. The maximum absolute atomic E-state index is 12.8. The summed E-state index contributed by atoms with van der Waals surface area (Å²) in [6, 6.07) is 0. The van der Waals surface area contributed by atoms with Gasteiger partial charge in [-0.15, -0.1) is 0 Å². The minimum atomic E-state index is -1.98. The molecule has 5 nitrogen and oxygen atoms in total. The molecular formula is C17H42O5Si4. The van der Waals surface area contributed by atoms with Crippen LogP contribution in [0.2, 0.25) is 78.6 Å². The van der Waals surface area contributed by atoms with E-state index >= 15 is 0 Å². The SMILES string of the molecule is C[Si](C)(C)OCC(CC(O[Si](C)(C)C)C(=O)O[Si](C)(C)C)O[Si](C)(C)C. The first-order chi connectivity index (χ1) is 11.3. The Morgan fingerprint density at radius 2 is 1.15 bits per heavy atom. The van der Waals surface area contributed by atoms with Crippen LogP contribution in [0.25, 0.3) is 0 Å². The van der Waals surface area contributed by atoms with Gasteiger partial charge in [-0.3, -0.25) is 4.79 Å². The van der Waals surface area contributed by atoms with Crippen LogP contribution in [0.4, 0.5) is 0 Å². The molecule has 26 heavy (non-hydrogen) atoms. The van der Waals surface area contributed by atoms with Gasteiger partial charge in [-0.2, -0.15) is 0 Å². The van der Waals surface area contributed by atoms with Crippen LogP contribution in [0.15, 0.2) is 0 Å². The molecule has 0 spiro atoms. The Kier molecular flexibility index (Phi) is 9.70. The Bertz CT molecular complexity index is 444. The minimum Gasteiger partial charge on any atom is -0.518 e. The van der Waals surface area contributed by atoms with Gasteiger partial charge in [-0.1, -0.05) is 0 Å². The van der Waals surface area contributed by atoms with Gasteiger partial charge >= 0.3 is 5.97 Å². The molecule has 9 heteroatoms. The molecule has 2 unspecified atom stereocenters. The molecule has 0 aromatic carbocycles. The van der Waals surface area contributed by atoms with E-state index in [2.05, 4.69) is 58.9 Å². The summed E-state index contributed by atoms with van der Waals surface area (Å²) in [6.45, 7) is 25.8. The van der Waals surface area contributed by atoms with Gasteiger partial charge in [-0.05, 0) is 78.6 Å². The van der Waals surface area contributed by atoms with Gasteiger partial charge in [0.05, 0.1) is 12.7 Å². The lowest BCUT2D eigenvalue weighted by Crippen LogP contribution is -2.46. The summed E-state index contributed by atoms with van der Waals surface area (Å²) in [5.74, 6) is -0.247. The summed E-state index contributed by atoms with van der Waals surface area (Å²) in [5, 5.41) is 0. The van der Waals surface area contributed by atoms with Crippen molar-refractivity contribution < 1.29 is 22.5 Å². The molecule has 0 bridgehead atoms. The summed E-state index contributed by atoms with van der Waals surface area (Å²) in [6.07, 6.45) is -0.244. The third-order valence-electron chi connectivity index (χ3n) is 2.86. The molecule has 0 rings (SSSR count). The smallest absolute Gasteiger partial charge is 0.320 e. The van der Waals surface area contributed by atoms with Crippen molar-refractivity contribution in [1.82, 2.24) is 0 Å². The fourth-order valence-corrected chi connectivity index (χ4v) is 5.85. The van der Waals surface area contributed by atoms with Gasteiger partial charge in [0, 0.05) is 6.42 Å². The predicted molar refractivity (Wildman–Crippen MR) is 120 cm³/mol. The Hall–Kier alpha value is 0.218. The summed E-state index contributed by atoms with van der Waals surface area (Å²) in [5.41, 5.74) is 0. The zero-order valence-electron chi connectivity index (χ0n) is 19.1. The van der Waals surface area contributed by atoms with E-state index in [0.717, 1.165) is 0 Å². The van der Waals surface area contributed by atoms with Crippen LogP contribution < -0.4 is 0 Å². The molecule has 0 aliphatic carbocycles. The van der Waals surface area contributed by atoms with Crippen LogP contribution in [0.5, 0.6) is 0 Å². The second-order valence-corrected chi connectivity index (χ2v) is 28.6. The Morgan fingerprint density at radius 3 is 1.50 bits per heavy atom. The highest BCUT2D eigenvalue weighted by Crippen LogP contribution is 2.21. The normalized spacial score (nSPS) is 16.3. The van der Waals surface area contributed by atoms with E-state index in [9.17, 15) is 4.79 Å². The van der Waals surface area contributed by atoms with Crippen LogP contribution in [-0.2, 0) is 22.5 Å². The third-order valence-corrected chi connectivity index (χ3v) is 6.74. The molecule has 0 saturated carbocycles. The van der Waals surface area contributed by atoms with Crippen molar-refractivity contribution in [3.05, 3.63) is 0 Å². The van der Waals surface area contributed by atoms with Crippen molar-refractivity contribution in [3.63, 3.8) is 0 Å². The van der Waals surface area contributed by atoms with Gasteiger partial charge in [0.25, 0.3) is 0 Å². The first-order valence-electron chi connectivity index (χ1n) is 9.50. The van der Waals surface area contributed by atoms with Crippen LogP contribution >= 0.6 is 0 Å². The van der Waals surface area contributed by atoms with E-state index in [-0.39, 0.29) is 12.1 Å². The van der Waals surface area contributed by atoms with Crippen molar-refractivity contribution in [2.45, 2.75) is 97.2 Å². The first-order valence-corrected chi connectivity index (χ1v) is 23.1. The van der Waals surface area contributed by atoms with E-state index in [1.54, 1.807) is 0 Å². The fraction of sp³-hybridized carbons (Fsp3) is 0.941. The first kappa shape index (κ1) is 26.2. The minimum absolute atomic E-state index is 0.149. The summed E-state index contributed by atoms with van der Waals surface area (Å²) < 4.78 is 24.4. The van der Waals surface area contributed by atoms with Gasteiger partial charge < -0.3 is 17.7 Å². The van der Waals surface area contributed by atoms with E-state index < -0.39 is 39.4 Å². The van der Waals surface area contributed by atoms with Crippen LogP contribution in [-0.4, -0.2) is 58.1 Å². The number of carbonyl (C=O) groups is 1. The second-order valence-electron chi connectivity index (χ2n) is 10.8. The number of hydrogen-bond donors (Lipinski definition) is 0. The molecule has 156 valence electrons. The second kappa shape index (κ2) is 9.62. The van der Waals surface area contributed by atoms with Gasteiger partial charge in [0.1, 0.15) is 6.10 Å². The maximum Gasteiger partial charge on any atom is 0.320 e. The Labute approximate surface area is 165 Å². The van der Waals surface area contributed by atoms with Crippen molar-refractivity contribution in [2.24, 2.45) is 0 Å². The number of carbonyl (C=O) groups excluding carboxylic acids is 1. The van der Waals surface area contributed by atoms with E-state index in [4.69, 9.17) is 17.7 Å². The molecule has 0 aromatic heterocycles. The van der Waals surface area contributed by atoms with Gasteiger partial charge in [-0.25, -0.2) is 0 Å². The highest BCUT2D eigenvalue weighted by atomic mass is 28.4. The predicted octanol–water partition coefficient (Wildman–Crippen LogP) is 5.05. The molecule has 0 heterocycles. The Balaban J connectivity index is 5.34. The fourth-order valence-electron chi connectivity index (χ4n) is 2.22. The lowest BCUT2D eigenvalue weighted by molar-refractivity contribution is -0.145. The lowest BCUT2D eigenvalue weighted by Gasteiger charge is -2.33. The van der Waals surface area contributed by atoms with E-state index in [1.165, 1.54) is 0 Å². The highest BCUT2D eigenvalue weighted by molar-refractivity contribution is 6.72. The summed E-state index contributed by atoms with van der Waals surface area (Å²) >= 11 is 0. The number of hydrogen-bond acceptors (Lipinski definition) is 5.